The molecule has 0 aliphatic carbocycles. The van der Waals surface area contributed by atoms with Crippen LogP contribution in [-0.2, 0) is 13.0 Å². The summed E-state index contributed by atoms with van der Waals surface area (Å²) in [6.07, 6.45) is 4.60. The highest BCUT2D eigenvalue weighted by Gasteiger charge is 2.48. The first-order valence-corrected chi connectivity index (χ1v) is 11.5. The molecule has 7 heteroatoms. The van der Waals surface area contributed by atoms with E-state index in [1.54, 1.807) is 10.8 Å². The third-order valence-electron chi connectivity index (χ3n) is 6.62. The second kappa shape index (κ2) is 9.28. The normalized spacial score (nSPS) is 21.3. The average Bonchev–Trinajstić information content (AvgIpc) is 3.42. The molecule has 0 radical (unpaired) electrons. The smallest absolute Gasteiger partial charge is 0.275 e. The Hall–Kier alpha value is -2.93. The fraction of sp³-hybridized carbons (Fsp3) is 0.480. The molecule has 7 nitrogen and oxygen atoms in total. The van der Waals surface area contributed by atoms with Crippen molar-refractivity contribution in [2.75, 3.05) is 20.2 Å². The number of benzene rings is 1. The van der Waals surface area contributed by atoms with Crippen LogP contribution in [0.15, 0.2) is 41.3 Å². The largest absolute Gasteiger partial charge is 0.491 e. The van der Waals surface area contributed by atoms with Crippen molar-refractivity contribution in [2.45, 2.75) is 58.3 Å². The van der Waals surface area contributed by atoms with Gasteiger partial charge in [0, 0.05) is 31.7 Å². The monoisotopic (exact) mass is 437 g/mol. The SMILES string of the molecule is CC.COc1c2n(cc(C(=O)CCc3ccccc3)c1=O)C[C@H]1N(C[C@@H]3CCCN31)C2=O. The predicted octanol–water partition coefficient (Wildman–Crippen LogP) is 2.96. The van der Waals surface area contributed by atoms with Gasteiger partial charge in [-0.25, -0.2) is 0 Å². The molecule has 0 unspecified atom stereocenters. The van der Waals surface area contributed by atoms with Crippen molar-refractivity contribution in [3.8, 4) is 5.75 Å². The van der Waals surface area contributed by atoms with Gasteiger partial charge in [0.1, 0.15) is 6.17 Å². The van der Waals surface area contributed by atoms with Gasteiger partial charge in [-0.3, -0.25) is 19.3 Å². The van der Waals surface area contributed by atoms with Gasteiger partial charge in [-0.05, 0) is 24.8 Å². The molecule has 2 saturated heterocycles. The van der Waals surface area contributed by atoms with E-state index in [1.165, 1.54) is 7.11 Å². The summed E-state index contributed by atoms with van der Waals surface area (Å²) >= 11 is 0. The number of pyridine rings is 1. The molecule has 3 aliphatic rings. The van der Waals surface area contributed by atoms with E-state index in [4.69, 9.17) is 4.74 Å². The van der Waals surface area contributed by atoms with Gasteiger partial charge in [-0.1, -0.05) is 44.2 Å². The second-order valence-electron chi connectivity index (χ2n) is 8.29. The molecule has 32 heavy (non-hydrogen) atoms. The molecule has 2 fully saturated rings. The van der Waals surface area contributed by atoms with Gasteiger partial charge in [-0.2, -0.15) is 0 Å². The molecular weight excluding hydrogens is 406 g/mol. The molecule has 4 heterocycles. The van der Waals surface area contributed by atoms with Crippen LogP contribution in [0.1, 0.15) is 59.5 Å². The molecule has 2 aromatic rings. The van der Waals surface area contributed by atoms with E-state index >= 15 is 0 Å². The number of carbonyl (C=O) groups excluding carboxylic acids is 2. The van der Waals surface area contributed by atoms with Crippen LogP contribution in [0.4, 0.5) is 0 Å². The van der Waals surface area contributed by atoms with Crippen LogP contribution in [0.2, 0.25) is 0 Å². The van der Waals surface area contributed by atoms with Gasteiger partial charge in [0.25, 0.3) is 5.91 Å². The minimum absolute atomic E-state index is 0.0167. The minimum Gasteiger partial charge on any atom is -0.491 e. The highest BCUT2D eigenvalue weighted by atomic mass is 16.5. The van der Waals surface area contributed by atoms with Crippen molar-refractivity contribution in [3.05, 3.63) is 63.6 Å². The van der Waals surface area contributed by atoms with Crippen LogP contribution >= 0.6 is 0 Å². The molecule has 1 aromatic heterocycles. The lowest BCUT2D eigenvalue weighted by Gasteiger charge is -2.36. The quantitative estimate of drug-likeness (QED) is 0.673. The predicted molar refractivity (Wildman–Crippen MR) is 122 cm³/mol. The number of amides is 1. The maximum atomic E-state index is 13.2. The van der Waals surface area contributed by atoms with Crippen molar-refractivity contribution in [3.63, 3.8) is 0 Å². The number of ketones is 1. The third kappa shape index (κ3) is 3.75. The van der Waals surface area contributed by atoms with E-state index in [0.717, 1.165) is 24.9 Å². The van der Waals surface area contributed by atoms with Crippen molar-refractivity contribution >= 4 is 11.7 Å². The van der Waals surface area contributed by atoms with E-state index in [1.807, 2.05) is 49.1 Å². The molecule has 1 amide bonds. The summed E-state index contributed by atoms with van der Waals surface area (Å²) in [7, 11) is 1.39. The van der Waals surface area contributed by atoms with E-state index < -0.39 is 5.43 Å². The number of nitrogens with zero attached hydrogens (tertiary/aromatic N) is 3. The molecule has 0 N–H and O–H groups in total. The van der Waals surface area contributed by atoms with Crippen molar-refractivity contribution in [2.24, 2.45) is 0 Å². The standard InChI is InChI=1S/C23H25N3O4.C2H6/c1-30-22-20-23(29)26-12-16-8-5-11-25(16)19(26)14-24(20)13-17(21(22)28)18(27)10-9-15-6-3-2-4-7-15;1-2/h2-4,6-7,13,16,19H,5,8-12,14H2,1H3;1-2H3/t16-,19+;/m0./s1. The molecule has 170 valence electrons. The first kappa shape index (κ1) is 22.3. The number of rotatable bonds is 5. The van der Waals surface area contributed by atoms with Gasteiger partial charge >= 0.3 is 0 Å². The summed E-state index contributed by atoms with van der Waals surface area (Å²) in [4.78, 5) is 43.4. The topological polar surface area (TPSA) is 71.8 Å². The van der Waals surface area contributed by atoms with Crippen LogP contribution in [0.25, 0.3) is 0 Å². The zero-order valence-corrected chi connectivity index (χ0v) is 19.0. The number of aromatic nitrogens is 1. The molecule has 1 aromatic carbocycles. The summed E-state index contributed by atoms with van der Waals surface area (Å²) < 4.78 is 7.13. The number of methoxy groups -OCH3 is 1. The number of Topliss-reactive ketones (excluding diaryl/α,β-unsaturated/α-hetero) is 1. The van der Waals surface area contributed by atoms with Crippen LogP contribution in [0.3, 0.4) is 0 Å². The second-order valence-corrected chi connectivity index (χ2v) is 8.29. The first-order valence-electron chi connectivity index (χ1n) is 11.5. The van der Waals surface area contributed by atoms with Crippen LogP contribution in [0.5, 0.6) is 5.75 Å². The highest BCUT2D eigenvalue weighted by Crippen LogP contribution is 2.35. The number of aryl methyl sites for hydroxylation is 1. The summed E-state index contributed by atoms with van der Waals surface area (Å²) in [5.74, 6) is -0.424. The van der Waals surface area contributed by atoms with Crippen molar-refractivity contribution in [1.29, 1.82) is 0 Å². The van der Waals surface area contributed by atoms with Crippen LogP contribution in [-0.4, -0.2) is 58.5 Å². The molecule has 0 saturated carbocycles. The highest BCUT2D eigenvalue weighted by molar-refractivity contribution is 6.00. The van der Waals surface area contributed by atoms with Crippen molar-refractivity contribution < 1.29 is 14.3 Å². The zero-order valence-electron chi connectivity index (χ0n) is 19.0. The Kier molecular flexibility index (Phi) is 6.46. The molecule has 0 spiro atoms. The Morgan fingerprint density at radius 1 is 1.12 bits per heavy atom. The number of hydrogen-bond donors (Lipinski definition) is 0. The fourth-order valence-corrected chi connectivity index (χ4v) is 5.14. The van der Waals surface area contributed by atoms with Gasteiger partial charge < -0.3 is 14.2 Å². The Morgan fingerprint density at radius 3 is 2.59 bits per heavy atom. The molecule has 2 atom stereocenters. The number of fused-ring (bicyclic) bond motifs is 4. The number of carbonyl (C=O) groups is 2. The molecule has 5 rings (SSSR count). The van der Waals surface area contributed by atoms with E-state index in [0.29, 0.717) is 25.6 Å². The summed E-state index contributed by atoms with van der Waals surface area (Å²) in [6, 6.07) is 10.1. The molecule has 0 bridgehead atoms. The Morgan fingerprint density at radius 2 is 1.88 bits per heavy atom. The third-order valence-corrected chi connectivity index (χ3v) is 6.62. The Labute approximate surface area is 188 Å². The van der Waals surface area contributed by atoms with E-state index in [2.05, 4.69) is 4.90 Å². The molecular formula is C25H31N3O4. The minimum atomic E-state index is -0.492. The van der Waals surface area contributed by atoms with Crippen LogP contribution in [0, 0.1) is 0 Å². The number of ether oxygens (including phenoxy) is 1. The lowest BCUT2D eigenvalue weighted by atomic mass is 10.0. The lowest BCUT2D eigenvalue weighted by Crippen LogP contribution is -2.50. The fourth-order valence-electron chi connectivity index (χ4n) is 5.14. The van der Waals surface area contributed by atoms with Crippen molar-refractivity contribution in [1.82, 2.24) is 14.4 Å². The van der Waals surface area contributed by atoms with Crippen LogP contribution < -0.4 is 10.2 Å². The van der Waals surface area contributed by atoms with Gasteiger partial charge in [0.05, 0.1) is 19.2 Å². The number of hydrogen-bond acceptors (Lipinski definition) is 5. The molecule has 3 aliphatic heterocycles. The van der Waals surface area contributed by atoms with Gasteiger partial charge in [-0.15, -0.1) is 0 Å². The summed E-state index contributed by atoms with van der Waals surface area (Å²) in [6.45, 7) is 6.22. The summed E-state index contributed by atoms with van der Waals surface area (Å²) in [5, 5.41) is 0. The average molecular weight is 438 g/mol. The van der Waals surface area contributed by atoms with Gasteiger partial charge in [0.2, 0.25) is 5.43 Å². The van der Waals surface area contributed by atoms with Gasteiger partial charge in [0.15, 0.2) is 17.2 Å². The first-order chi connectivity index (χ1) is 15.6. The van der Waals surface area contributed by atoms with E-state index in [9.17, 15) is 14.4 Å². The Bertz CT molecular complexity index is 1060. The Balaban J connectivity index is 0.00000119. The zero-order chi connectivity index (χ0) is 22.8. The summed E-state index contributed by atoms with van der Waals surface area (Å²) in [5.41, 5.74) is 0.921. The maximum absolute atomic E-state index is 13.2. The maximum Gasteiger partial charge on any atom is 0.275 e. The van der Waals surface area contributed by atoms with E-state index in [-0.39, 0.29) is 41.3 Å². The lowest BCUT2D eigenvalue weighted by molar-refractivity contribution is 0.0513.